The topological polar surface area (TPSA) is 47.0 Å². The van der Waals surface area contributed by atoms with Crippen LogP contribution in [-0.2, 0) is 4.79 Å². The monoisotopic (exact) mass is 325 g/mol. The molecular formula is C18H35N3O2. The van der Waals surface area contributed by atoms with Gasteiger partial charge in [0.15, 0.2) is 0 Å². The highest BCUT2D eigenvalue weighted by Gasteiger charge is 2.36. The number of piperazine rings is 1. The zero-order valence-electron chi connectivity index (χ0n) is 15.3. The summed E-state index contributed by atoms with van der Waals surface area (Å²) in [5, 5.41) is 10.4. The van der Waals surface area contributed by atoms with Gasteiger partial charge in [0.2, 0.25) is 5.91 Å². The molecule has 5 nitrogen and oxygen atoms in total. The summed E-state index contributed by atoms with van der Waals surface area (Å²) in [6, 6.07) is 0. The predicted molar refractivity (Wildman–Crippen MR) is 93.4 cm³/mol. The molecule has 1 saturated heterocycles. The van der Waals surface area contributed by atoms with E-state index in [-0.39, 0.29) is 11.3 Å². The van der Waals surface area contributed by atoms with E-state index in [4.69, 9.17) is 0 Å². The molecule has 0 spiro atoms. The summed E-state index contributed by atoms with van der Waals surface area (Å²) in [6.07, 6.45) is 6.33. The van der Waals surface area contributed by atoms with Crippen molar-refractivity contribution >= 4 is 5.91 Å². The van der Waals surface area contributed by atoms with Crippen molar-refractivity contribution in [2.75, 3.05) is 53.4 Å². The molecule has 1 atom stereocenters. The number of hydrogen-bond acceptors (Lipinski definition) is 4. The normalized spacial score (nSPS) is 24.9. The van der Waals surface area contributed by atoms with Gasteiger partial charge in [-0.25, -0.2) is 0 Å². The standard InChI is InChI=1S/C18H35N3O2/c1-18(8-6-4-5-7-9-18)17(23)20(3)14-16(22)15-21-12-10-19(2)11-13-21/h16,22H,4-15H2,1-3H3. The molecule has 0 radical (unpaired) electrons. The summed E-state index contributed by atoms with van der Waals surface area (Å²) in [6.45, 7) is 7.35. The molecule has 0 aromatic heterocycles. The molecule has 1 saturated carbocycles. The van der Waals surface area contributed by atoms with Gasteiger partial charge in [-0.2, -0.15) is 0 Å². The number of β-amino-alcohol motifs (C(OH)–C–C–N with tert-alkyl or cyclic N) is 1. The van der Waals surface area contributed by atoms with Crippen LogP contribution >= 0.6 is 0 Å². The number of aliphatic hydroxyl groups excluding tert-OH is 1. The van der Waals surface area contributed by atoms with Gasteiger partial charge in [-0.05, 0) is 19.9 Å². The first-order valence-corrected chi connectivity index (χ1v) is 9.25. The van der Waals surface area contributed by atoms with Crippen molar-refractivity contribution in [2.45, 2.75) is 51.6 Å². The molecule has 5 heteroatoms. The minimum atomic E-state index is -0.457. The van der Waals surface area contributed by atoms with Crippen molar-refractivity contribution in [3.8, 4) is 0 Å². The van der Waals surface area contributed by atoms with E-state index in [0.717, 1.165) is 51.9 Å². The summed E-state index contributed by atoms with van der Waals surface area (Å²) in [5.74, 6) is 0.219. The lowest BCUT2D eigenvalue weighted by atomic mass is 9.81. The van der Waals surface area contributed by atoms with Crippen LogP contribution in [0.3, 0.4) is 0 Å². The molecule has 1 unspecified atom stereocenters. The average Bonchev–Trinajstić information content (AvgIpc) is 2.74. The SMILES string of the molecule is CN1CCN(CC(O)CN(C)C(=O)C2(C)CCCCCC2)CC1. The van der Waals surface area contributed by atoms with Crippen molar-refractivity contribution in [1.29, 1.82) is 0 Å². The van der Waals surface area contributed by atoms with Crippen LogP contribution in [0.15, 0.2) is 0 Å². The van der Waals surface area contributed by atoms with Crippen LogP contribution in [0.2, 0.25) is 0 Å². The number of nitrogens with zero attached hydrogens (tertiary/aromatic N) is 3. The van der Waals surface area contributed by atoms with Gasteiger partial charge in [0, 0.05) is 51.7 Å². The van der Waals surface area contributed by atoms with E-state index in [1.54, 1.807) is 4.90 Å². The molecule has 1 aliphatic heterocycles. The van der Waals surface area contributed by atoms with Crippen LogP contribution in [0.1, 0.15) is 45.4 Å². The Hall–Kier alpha value is -0.650. The fraction of sp³-hybridized carbons (Fsp3) is 0.944. The summed E-state index contributed by atoms with van der Waals surface area (Å²) < 4.78 is 0. The first-order valence-electron chi connectivity index (χ1n) is 9.25. The fourth-order valence-electron chi connectivity index (χ4n) is 3.97. The summed E-state index contributed by atoms with van der Waals surface area (Å²) >= 11 is 0. The molecule has 2 fully saturated rings. The number of carbonyl (C=O) groups excluding carboxylic acids is 1. The first kappa shape index (κ1) is 18.7. The molecule has 0 bridgehead atoms. The smallest absolute Gasteiger partial charge is 0.228 e. The van der Waals surface area contributed by atoms with Gasteiger partial charge in [0.1, 0.15) is 0 Å². The van der Waals surface area contributed by atoms with E-state index in [0.29, 0.717) is 13.1 Å². The summed E-state index contributed by atoms with van der Waals surface area (Å²) in [4.78, 5) is 19.2. The first-order chi connectivity index (χ1) is 10.9. The lowest BCUT2D eigenvalue weighted by Gasteiger charge is -2.36. The largest absolute Gasteiger partial charge is 0.390 e. The van der Waals surface area contributed by atoms with Crippen LogP contribution in [0.5, 0.6) is 0 Å². The third kappa shape index (κ3) is 5.44. The molecule has 1 N–H and O–H groups in total. The van der Waals surface area contributed by atoms with E-state index in [1.165, 1.54) is 12.8 Å². The highest BCUT2D eigenvalue weighted by molar-refractivity contribution is 5.82. The minimum Gasteiger partial charge on any atom is -0.390 e. The number of hydrogen-bond donors (Lipinski definition) is 1. The second-order valence-corrected chi connectivity index (χ2v) is 7.92. The Labute approximate surface area is 141 Å². The van der Waals surface area contributed by atoms with Crippen LogP contribution in [0.4, 0.5) is 0 Å². The fourth-order valence-corrected chi connectivity index (χ4v) is 3.97. The molecule has 1 heterocycles. The highest BCUT2D eigenvalue weighted by Crippen LogP contribution is 2.36. The lowest BCUT2D eigenvalue weighted by molar-refractivity contribution is -0.142. The molecular weight excluding hydrogens is 290 g/mol. The molecule has 2 rings (SSSR count). The van der Waals surface area contributed by atoms with Gasteiger partial charge < -0.3 is 14.9 Å². The minimum absolute atomic E-state index is 0.219. The Bertz CT molecular complexity index is 372. The summed E-state index contributed by atoms with van der Waals surface area (Å²) in [7, 11) is 3.99. The lowest BCUT2D eigenvalue weighted by Crippen LogP contribution is -2.50. The van der Waals surface area contributed by atoms with E-state index in [9.17, 15) is 9.90 Å². The van der Waals surface area contributed by atoms with Crippen LogP contribution < -0.4 is 0 Å². The Balaban J connectivity index is 1.80. The Kier molecular flexibility index (Phi) is 6.86. The predicted octanol–water partition coefficient (Wildman–Crippen LogP) is 1.41. The number of likely N-dealkylation sites (N-methyl/N-ethyl adjacent to an activating group) is 2. The Morgan fingerprint density at radius 2 is 1.70 bits per heavy atom. The number of rotatable bonds is 5. The maximum absolute atomic E-state index is 12.8. The molecule has 1 amide bonds. The van der Waals surface area contributed by atoms with Gasteiger partial charge in [0.25, 0.3) is 0 Å². The molecule has 0 aromatic rings. The molecule has 2 aliphatic rings. The average molecular weight is 325 g/mol. The van der Waals surface area contributed by atoms with Crippen molar-refractivity contribution in [3.05, 3.63) is 0 Å². The maximum Gasteiger partial charge on any atom is 0.228 e. The molecule has 23 heavy (non-hydrogen) atoms. The molecule has 134 valence electrons. The van der Waals surface area contributed by atoms with Crippen molar-refractivity contribution in [3.63, 3.8) is 0 Å². The van der Waals surface area contributed by atoms with E-state index < -0.39 is 6.10 Å². The van der Waals surface area contributed by atoms with E-state index in [1.807, 2.05) is 7.05 Å². The zero-order chi connectivity index (χ0) is 16.9. The third-order valence-corrected chi connectivity index (χ3v) is 5.62. The van der Waals surface area contributed by atoms with Gasteiger partial charge in [-0.1, -0.05) is 32.6 Å². The maximum atomic E-state index is 12.8. The summed E-state index contributed by atoms with van der Waals surface area (Å²) in [5.41, 5.74) is -0.223. The zero-order valence-corrected chi connectivity index (χ0v) is 15.3. The second kappa shape index (κ2) is 8.45. The second-order valence-electron chi connectivity index (χ2n) is 7.92. The van der Waals surface area contributed by atoms with Gasteiger partial charge >= 0.3 is 0 Å². The van der Waals surface area contributed by atoms with Crippen LogP contribution in [0.25, 0.3) is 0 Å². The van der Waals surface area contributed by atoms with Gasteiger partial charge in [0.05, 0.1) is 6.10 Å². The Morgan fingerprint density at radius 1 is 1.13 bits per heavy atom. The molecule has 0 aromatic carbocycles. The van der Waals surface area contributed by atoms with Crippen LogP contribution in [-0.4, -0.2) is 85.2 Å². The van der Waals surface area contributed by atoms with Crippen LogP contribution in [0, 0.1) is 5.41 Å². The third-order valence-electron chi connectivity index (χ3n) is 5.62. The Morgan fingerprint density at radius 3 is 2.26 bits per heavy atom. The van der Waals surface area contributed by atoms with Crippen molar-refractivity contribution in [1.82, 2.24) is 14.7 Å². The quantitative estimate of drug-likeness (QED) is 0.777. The number of carbonyl (C=O) groups is 1. The van der Waals surface area contributed by atoms with Crippen molar-refractivity contribution < 1.29 is 9.90 Å². The van der Waals surface area contributed by atoms with Crippen molar-refractivity contribution in [2.24, 2.45) is 5.41 Å². The van der Waals surface area contributed by atoms with E-state index >= 15 is 0 Å². The number of amides is 1. The van der Waals surface area contributed by atoms with Gasteiger partial charge in [-0.15, -0.1) is 0 Å². The van der Waals surface area contributed by atoms with Gasteiger partial charge in [-0.3, -0.25) is 9.69 Å². The van der Waals surface area contributed by atoms with E-state index in [2.05, 4.69) is 23.8 Å². The highest BCUT2D eigenvalue weighted by atomic mass is 16.3. The molecule has 1 aliphatic carbocycles. The number of aliphatic hydroxyl groups is 1.